The van der Waals surface area contributed by atoms with Gasteiger partial charge in [-0.05, 0) is 80.9 Å². The largest absolute Gasteiger partial charge is 0.383 e. The standard InChI is InChI=1S/C23H32N2O3/c1-15(14-28-2)25-21(26)20-5-3-16(4-6-20)13-24-22(27)23-10-17-7-18(11-23)9-19(8-17)12-23/h3-6,15,17-19H,7-14H2,1-2H3,(H,24,27)(H,25,26). The first-order valence-corrected chi connectivity index (χ1v) is 10.6. The highest BCUT2D eigenvalue weighted by molar-refractivity contribution is 5.94. The molecule has 1 unspecified atom stereocenters. The van der Waals surface area contributed by atoms with Gasteiger partial charge in [0.1, 0.15) is 0 Å². The minimum Gasteiger partial charge on any atom is -0.383 e. The Bertz CT molecular complexity index is 693. The van der Waals surface area contributed by atoms with Crippen molar-refractivity contribution >= 4 is 11.8 Å². The van der Waals surface area contributed by atoms with E-state index in [1.54, 1.807) is 7.11 Å². The van der Waals surface area contributed by atoms with Crippen LogP contribution in [0.2, 0.25) is 0 Å². The first kappa shape index (κ1) is 19.4. The molecule has 4 aliphatic rings. The van der Waals surface area contributed by atoms with Crippen LogP contribution in [0, 0.1) is 23.2 Å². The molecule has 1 aromatic carbocycles. The molecule has 0 saturated heterocycles. The summed E-state index contributed by atoms with van der Waals surface area (Å²) < 4.78 is 5.05. The zero-order valence-corrected chi connectivity index (χ0v) is 17.0. The Morgan fingerprint density at radius 1 is 1.07 bits per heavy atom. The van der Waals surface area contributed by atoms with E-state index >= 15 is 0 Å². The van der Waals surface area contributed by atoms with Gasteiger partial charge in [0, 0.05) is 30.7 Å². The van der Waals surface area contributed by atoms with E-state index in [0.717, 1.165) is 42.6 Å². The van der Waals surface area contributed by atoms with Crippen LogP contribution in [0.4, 0.5) is 0 Å². The number of benzene rings is 1. The Labute approximate surface area is 167 Å². The summed E-state index contributed by atoms with van der Waals surface area (Å²) in [7, 11) is 1.62. The molecule has 1 aromatic rings. The Morgan fingerprint density at radius 3 is 2.18 bits per heavy atom. The summed E-state index contributed by atoms with van der Waals surface area (Å²) in [6.45, 7) is 2.93. The van der Waals surface area contributed by atoms with Crippen molar-refractivity contribution in [3.05, 3.63) is 35.4 Å². The normalized spacial score (nSPS) is 31.4. The second-order valence-corrected chi connectivity index (χ2v) is 9.41. The molecule has 2 N–H and O–H groups in total. The Kier molecular flexibility index (Phi) is 5.46. The van der Waals surface area contributed by atoms with Gasteiger partial charge in [-0.1, -0.05) is 12.1 Å². The van der Waals surface area contributed by atoms with Gasteiger partial charge in [-0.25, -0.2) is 0 Å². The van der Waals surface area contributed by atoms with Crippen LogP contribution in [0.1, 0.15) is 61.4 Å². The van der Waals surface area contributed by atoms with E-state index in [9.17, 15) is 9.59 Å². The zero-order valence-electron chi connectivity index (χ0n) is 17.0. The lowest BCUT2D eigenvalue weighted by molar-refractivity contribution is -0.146. The fourth-order valence-electron chi connectivity index (χ4n) is 6.13. The number of carbonyl (C=O) groups is 2. The maximum absolute atomic E-state index is 13.0. The molecule has 5 heteroatoms. The monoisotopic (exact) mass is 384 g/mol. The number of hydrogen-bond donors (Lipinski definition) is 2. The van der Waals surface area contributed by atoms with Gasteiger partial charge in [0.05, 0.1) is 6.61 Å². The molecule has 4 bridgehead atoms. The Morgan fingerprint density at radius 2 is 1.64 bits per heavy atom. The lowest BCUT2D eigenvalue weighted by Gasteiger charge is -2.55. The average Bonchev–Trinajstić information content (AvgIpc) is 2.65. The van der Waals surface area contributed by atoms with Gasteiger partial charge in [0.25, 0.3) is 5.91 Å². The van der Waals surface area contributed by atoms with E-state index in [4.69, 9.17) is 4.74 Å². The van der Waals surface area contributed by atoms with Gasteiger partial charge in [-0.15, -0.1) is 0 Å². The molecule has 0 spiro atoms. The van der Waals surface area contributed by atoms with Crippen molar-refractivity contribution in [2.45, 2.75) is 58.0 Å². The summed E-state index contributed by atoms with van der Waals surface area (Å²) in [6, 6.07) is 7.46. The topological polar surface area (TPSA) is 67.4 Å². The minimum absolute atomic E-state index is 0.0308. The average molecular weight is 385 g/mol. The molecule has 0 aromatic heterocycles. The molecule has 2 amide bonds. The number of ether oxygens (including phenoxy) is 1. The fourth-order valence-corrected chi connectivity index (χ4v) is 6.13. The molecule has 1 atom stereocenters. The smallest absolute Gasteiger partial charge is 0.251 e. The lowest BCUT2D eigenvalue weighted by Crippen LogP contribution is -2.53. The molecular formula is C23H32N2O3. The van der Waals surface area contributed by atoms with Crippen molar-refractivity contribution in [1.29, 1.82) is 0 Å². The molecular weight excluding hydrogens is 352 g/mol. The molecule has 4 saturated carbocycles. The first-order valence-electron chi connectivity index (χ1n) is 10.6. The number of carbonyl (C=O) groups excluding carboxylic acids is 2. The quantitative estimate of drug-likeness (QED) is 0.758. The highest BCUT2D eigenvalue weighted by Crippen LogP contribution is 2.60. The van der Waals surface area contributed by atoms with Crippen LogP contribution in [0.5, 0.6) is 0 Å². The zero-order chi connectivity index (χ0) is 19.7. The highest BCUT2D eigenvalue weighted by atomic mass is 16.5. The lowest BCUT2D eigenvalue weighted by atomic mass is 9.49. The Balaban J connectivity index is 1.32. The van der Waals surface area contributed by atoms with Crippen LogP contribution in [-0.2, 0) is 16.1 Å². The van der Waals surface area contributed by atoms with Gasteiger partial charge in [-0.2, -0.15) is 0 Å². The molecule has 4 fully saturated rings. The number of nitrogens with one attached hydrogen (secondary N) is 2. The van der Waals surface area contributed by atoms with E-state index in [2.05, 4.69) is 10.6 Å². The molecule has 0 radical (unpaired) electrons. The maximum Gasteiger partial charge on any atom is 0.251 e. The van der Waals surface area contributed by atoms with Crippen molar-refractivity contribution in [2.75, 3.05) is 13.7 Å². The summed E-state index contributed by atoms with van der Waals surface area (Å²) in [5.74, 6) is 2.47. The van der Waals surface area contributed by atoms with Gasteiger partial charge in [-0.3, -0.25) is 9.59 Å². The third kappa shape index (κ3) is 3.95. The van der Waals surface area contributed by atoms with Gasteiger partial charge in [0.15, 0.2) is 0 Å². The van der Waals surface area contributed by atoms with Crippen LogP contribution in [0.15, 0.2) is 24.3 Å². The minimum atomic E-state index is -0.105. The summed E-state index contributed by atoms with van der Waals surface area (Å²) in [4.78, 5) is 25.3. The van der Waals surface area contributed by atoms with E-state index in [1.165, 1.54) is 19.3 Å². The second-order valence-electron chi connectivity index (χ2n) is 9.41. The van der Waals surface area contributed by atoms with Crippen LogP contribution in [-0.4, -0.2) is 31.6 Å². The van der Waals surface area contributed by atoms with Gasteiger partial charge in [0.2, 0.25) is 5.91 Å². The van der Waals surface area contributed by atoms with E-state index in [0.29, 0.717) is 18.7 Å². The molecule has 0 aliphatic heterocycles. The third-order valence-electron chi connectivity index (χ3n) is 6.98. The van der Waals surface area contributed by atoms with Crippen LogP contribution in [0.25, 0.3) is 0 Å². The second kappa shape index (κ2) is 7.86. The highest BCUT2D eigenvalue weighted by Gasteiger charge is 2.54. The van der Waals surface area contributed by atoms with Crippen molar-refractivity contribution in [2.24, 2.45) is 23.2 Å². The van der Waals surface area contributed by atoms with E-state index in [-0.39, 0.29) is 23.3 Å². The number of methoxy groups -OCH3 is 1. The third-order valence-corrected chi connectivity index (χ3v) is 6.98. The van der Waals surface area contributed by atoms with Crippen molar-refractivity contribution in [3.8, 4) is 0 Å². The predicted molar refractivity (Wildman–Crippen MR) is 108 cm³/mol. The Hall–Kier alpha value is -1.88. The van der Waals surface area contributed by atoms with E-state index in [1.807, 2.05) is 31.2 Å². The van der Waals surface area contributed by atoms with E-state index < -0.39 is 0 Å². The van der Waals surface area contributed by atoms with Crippen molar-refractivity contribution in [3.63, 3.8) is 0 Å². The molecule has 5 rings (SSSR count). The number of amides is 2. The maximum atomic E-state index is 13.0. The van der Waals surface area contributed by atoms with Crippen LogP contribution in [0.3, 0.4) is 0 Å². The van der Waals surface area contributed by atoms with Crippen molar-refractivity contribution in [1.82, 2.24) is 10.6 Å². The SMILES string of the molecule is COCC(C)NC(=O)c1ccc(CNC(=O)C23CC4CC(CC(C4)C2)C3)cc1. The number of rotatable bonds is 7. The van der Waals surface area contributed by atoms with Crippen LogP contribution >= 0.6 is 0 Å². The first-order chi connectivity index (χ1) is 13.5. The summed E-state index contributed by atoms with van der Waals surface area (Å²) in [5.41, 5.74) is 1.55. The number of hydrogen-bond acceptors (Lipinski definition) is 3. The van der Waals surface area contributed by atoms with Crippen molar-refractivity contribution < 1.29 is 14.3 Å². The molecule has 5 nitrogen and oxygen atoms in total. The predicted octanol–water partition coefficient (Wildman–Crippen LogP) is 3.28. The molecule has 152 valence electrons. The molecule has 4 aliphatic carbocycles. The van der Waals surface area contributed by atoms with Crippen LogP contribution < -0.4 is 10.6 Å². The summed E-state index contributed by atoms with van der Waals surface area (Å²) in [6.07, 6.45) is 7.30. The fraction of sp³-hybridized carbons (Fsp3) is 0.652. The summed E-state index contributed by atoms with van der Waals surface area (Å²) >= 11 is 0. The molecule has 28 heavy (non-hydrogen) atoms. The molecule has 0 heterocycles. The summed E-state index contributed by atoms with van der Waals surface area (Å²) in [5, 5.41) is 6.11. The van der Waals surface area contributed by atoms with Gasteiger partial charge >= 0.3 is 0 Å². The van der Waals surface area contributed by atoms with Gasteiger partial charge < -0.3 is 15.4 Å².